The molecule has 0 amide bonds. The topological polar surface area (TPSA) is 74.8 Å². The molecule has 0 aliphatic carbocycles. The molecule has 0 spiro atoms. The molecule has 5 rings (SSSR count). The fourth-order valence-electron chi connectivity index (χ4n) is 3.96. The van der Waals surface area contributed by atoms with Gasteiger partial charge < -0.3 is 14.7 Å². The van der Waals surface area contributed by atoms with Crippen LogP contribution in [0.3, 0.4) is 0 Å². The Morgan fingerprint density at radius 2 is 1.33 bits per heavy atom. The van der Waals surface area contributed by atoms with Gasteiger partial charge in [-0.2, -0.15) is 5.10 Å². The lowest BCUT2D eigenvalue weighted by molar-refractivity contribution is 0.487. The van der Waals surface area contributed by atoms with Gasteiger partial charge in [0.15, 0.2) is 0 Å². The van der Waals surface area contributed by atoms with Crippen LogP contribution >= 0.6 is 11.3 Å². The van der Waals surface area contributed by atoms with Crippen molar-refractivity contribution in [2.45, 2.75) is 113 Å². The predicted molar refractivity (Wildman–Crippen MR) is 202 cm³/mol. The molecular weight excluding hydrogens is 587 g/mol. The van der Waals surface area contributed by atoms with Crippen LogP contribution in [0.15, 0.2) is 83.3 Å². The minimum absolute atomic E-state index is 0. The van der Waals surface area contributed by atoms with Crippen LogP contribution in [0.4, 0.5) is 5.69 Å². The third-order valence-electron chi connectivity index (χ3n) is 7.13. The van der Waals surface area contributed by atoms with Crippen molar-refractivity contribution in [3.63, 3.8) is 0 Å². The Morgan fingerprint density at radius 3 is 1.59 bits per heavy atom. The first-order valence-corrected chi connectivity index (χ1v) is 16.9. The number of nitrogen functional groups attached to an aromatic ring is 1. The summed E-state index contributed by atoms with van der Waals surface area (Å²) in [6.07, 6.45) is 7.58. The van der Waals surface area contributed by atoms with Gasteiger partial charge in [0.2, 0.25) is 0 Å². The lowest BCUT2D eigenvalue weighted by Crippen LogP contribution is -1.99. The lowest BCUT2D eigenvalue weighted by Gasteiger charge is -2.07. The third-order valence-corrected chi connectivity index (χ3v) is 8.21. The third kappa shape index (κ3) is 16.1. The summed E-state index contributed by atoms with van der Waals surface area (Å²) < 4.78 is 9.16. The number of anilines is 1. The summed E-state index contributed by atoms with van der Waals surface area (Å²) in [4.78, 5) is 5.33. The van der Waals surface area contributed by atoms with E-state index in [1.807, 2.05) is 60.1 Å². The normalized spacial score (nSPS) is 10.3. The Kier molecular flexibility index (Phi) is 20.3. The van der Waals surface area contributed by atoms with Crippen LogP contribution in [0, 0.1) is 6.92 Å². The Hall–Kier alpha value is -3.58. The molecule has 0 fully saturated rings. The minimum atomic E-state index is 0. The zero-order chi connectivity index (χ0) is 34.1. The van der Waals surface area contributed by atoms with Gasteiger partial charge in [0.1, 0.15) is 5.76 Å². The molecule has 0 aliphatic heterocycles. The van der Waals surface area contributed by atoms with Crippen LogP contribution in [0.2, 0.25) is 0 Å². The highest BCUT2D eigenvalue weighted by Gasteiger charge is 2.03. The molecule has 5 aromatic rings. The van der Waals surface area contributed by atoms with Gasteiger partial charge in [-0.05, 0) is 78.1 Å². The second-order valence-electron chi connectivity index (χ2n) is 12.8. The number of rotatable bonds is 5. The number of furan rings is 1. The van der Waals surface area contributed by atoms with Crippen LogP contribution in [-0.4, -0.2) is 19.3 Å². The van der Waals surface area contributed by atoms with Crippen molar-refractivity contribution >= 4 is 17.0 Å². The minimum Gasteiger partial charge on any atom is -0.469 e. The second-order valence-corrected chi connectivity index (χ2v) is 13.7. The average molecular weight is 650 g/mol. The summed E-state index contributed by atoms with van der Waals surface area (Å²) in [6, 6.07) is 16.3. The maximum Gasteiger partial charge on any atom is 0.106 e. The molecule has 6 nitrogen and oxygen atoms in total. The summed E-state index contributed by atoms with van der Waals surface area (Å²) >= 11 is 1.72. The van der Waals surface area contributed by atoms with E-state index >= 15 is 0 Å². The van der Waals surface area contributed by atoms with Gasteiger partial charge >= 0.3 is 0 Å². The first kappa shape index (κ1) is 42.4. The number of nitrogens with zero attached hydrogens (tertiary/aromatic N) is 4. The highest BCUT2D eigenvalue weighted by atomic mass is 32.1. The van der Waals surface area contributed by atoms with Gasteiger partial charge in [-0.1, -0.05) is 88.8 Å². The number of aryl methyl sites for hydroxylation is 2. The molecule has 256 valence electrons. The smallest absolute Gasteiger partial charge is 0.106 e. The van der Waals surface area contributed by atoms with Crippen LogP contribution in [0.1, 0.15) is 139 Å². The Labute approximate surface area is 285 Å². The van der Waals surface area contributed by atoms with E-state index in [4.69, 9.17) is 10.2 Å². The summed E-state index contributed by atoms with van der Waals surface area (Å²) in [5, 5.41) is 4.05. The van der Waals surface area contributed by atoms with Crippen molar-refractivity contribution in [1.82, 2.24) is 19.3 Å². The highest BCUT2D eigenvalue weighted by molar-refractivity contribution is 7.09. The lowest BCUT2D eigenvalue weighted by atomic mass is 10.0. The van der Waals surface area contributed by atoms with Crippen LogP contribution in [0.25, 0.3) is 0 Å². The Balaban J connectivity index is 0.000000549. The molecule has 7 heteroatoms. The number of aromatic nitrogens is 4. The summed E-state index contributed by atoms with van der Waals surface area (Å²) in [5.74, 6) is 4.05. The molecule has 46 heavy (non-hydrogen) atoms. The fourth-order valence-corrected chi connectivity index (χ4v) is 4.60. The molecule has 1 aromatic carbocycles. The molecule has 4 aromatic heterocycles. The number of hydrogen-bond donors (Lipinski definition) is 1. The van der Waals surface area contributed by atoms with Crippen molar-refractivity contribution in [2.75, 3.05) is 5.73 Å². The van der Waals surface area contributed by atoms with E-state index in [0.717, 1.165) is 11.4 Å². The number of thiazole rings is 1. The van der Waals surface area contributed by atoms with Gasteiger partial charge in [-0.3, -0.25) is 9.67 Å². The SMILES string of the molecule is C.CC(C)c1ccc(N)cc1.CC(C)c1ccco1.CC(C)c1cncs1.CC(C)c1cnn(C)c1.Cc1ccc(C(C)C)n1C. The van der Waals surface area contributed by atoms with Crippen molar-refractivity contribution in [2.24, 2.45) is 14.1 Å². The van der Waals surface area contributed by atoms with Crippen molar-refractivity contribution < 1.29 is 4.42 Å². The van der Waals surface area contributed by atoms with Gasteiger partial charge in [0.25, 0.3) is 0 Å². The van der Waals surface area contributed by atoms with Gasteiger partial charge in [0.05, 0.1) is 18.0 Å². The molecule has 0 unspecified atom stereocenters. The predicted octanol–water partition coefficient (Wildman–Crippen LogP) is 11.7. The van der Waals surface area contributed by atoms with E-state index in [-0.39, 0.29) is 7.43 Å². The van der Waals surface area contributed by atoms with Crippen LogP contribution in [0.5, 0.6) is 0 Å². The highest BCUT2D eigenvalue weighted by Crippen LogP contribution is 2.18. The molecule has 2 N–H and O–H groups in total. The molecule has 4 heterocycles. The van der Waals surface area contributed by atoms with Crippen molar-refractivity contribution in [1.29, 1.82) is 0 Å². The average Bonchev–Trinajstić information content (AvgIpc) is 3.80. The number of benzene rings is 1. The van der Waals surface area contributed by atoms with Gasteiger partial charge in [-0.15, -0.1) is 11.3 Å². The van der Waals surface area contributed by atoms with E-state index < -0.39 is 0 Å². The van der Waals surface area contributed by atoms with E-state index in [1.54, 1.807) is 17.6 Å². The maximum atomic E-state index is 5.53. The first-order chi connectivity index (χ1) is 21.1. The summed E-state index contributed by atoms with van der Waals surface area (Å²) in [5.41, 5.74) is 13.6. The van der Waals surface area contributed by atoms with Gasteiger partial charge in [0, 0.05) is 54.4 Å². The summed E-state index contributed by atoms with van der Waals surface area (Å²) in [6.45, 7) is 23.8. The maximum absolute atomic E-state index is 5.53. The monoisotopic (exact) mass is 649 g/mol. The molecule has 0 bridgehead atoms. The van der Waals surface area contributed by atoms with Crippen molar-refractivity contribution in [3.05, 3.63) is 112 Å². The van der Waals surface area contributed by atoms with E-state index in [9.17, 15) is 0 Å². The Morgan fingerprint density at radius 1 is 0.717 bits per heavy atom. The fraction of sp³-hybridized carbons (Fsp3) is 0.487. The largest absolute Gasteiger partial charge is 0.469 e. The van der Waals surface area contributed by atoms with Crippen molar-refractivity contribution in [3.8, 4) is 0 Å². The van der Waals surface area contributed by atoms with Crippen LogP contribution in [-0.2, 0) is 14.1 Å². The molecule has 0 saturated heterocycles. The quantitative estimate of drug-likeness (QED) is 0.192. The first-order valence-electron chi connectivity index (χ1n) is 16.0. The standard InChI is InChI=1S/C9H15N.C9H13N.C7H12N2.C7H10O.C6H9NS.CH4/c1-7(2)9-6-5-8(3)10(9)4;1-7(2)8-3-5-9(10)6-4-8;1-6(2)7-4-8-9(3)5-7;1-6(2)7-4-3-5-8-7;1-5(2)6-3-7-4-8-6;/h5-7H,1-4H3;3-7H,10H2,1-2H3;4-6H,1-3H3;3-6H,1-2H3;3-5H,1-2H3;1H4. The summed E-state index contributed by atoms with van der Waals surface area (Å²) in [7, 11) is 4.05. The second kappa shape index (κ2) is 22.0. The Bertz CT molecular complexity index is 1370. The number of nitrogens with two attached hydrogens (primary N) is 1. The van der Waals surface area contributed by atoms with Gasteiger partial charge in [-0.25, -0.2) is 0 Å². The molecule has 0 aliphatic rings. The zero-order valence-electron chi connectivity index (χ0n) is 30.1. The molecule has 0 atom stereocenters. The van der Waals surface area contributed by atoms with E-state index in [1.165, 1.54) is 27.4 Å². The molecule has 0 saturated carbocycles. The van der Waals surface area contributed by atoms with Crippen LogP contribution < -0.4 is 5.73 Å². The zero-order valence-corrected chi connectivity index (χ0v) is 30.9. The van der Waals surface area contributed by atoms with E-state index in [0.29, 0.717) is 29.6 Å². The number of hydrogen-bond acceptors (Lipinski definition) is 5. The van der Waals surface area contributed by atoms with E-state index in [2.05, 4.69) is 122 Å². The molecular formula is C39H63N5OS. The molecule has 0 radical (unpaired) electrons.